The lowest BCUT2D eigenvalue weighted by Crippen LogP contribution is -2.40. The summed E-state index contributed by atoms with van der Waals surface area (Å²) >= 11 is 1.36. The Hall–Kier alpha value is -1.47. The highest BCUT2D eigenvalue weighted by molar-refractivity contribution is 7.11. The molecule has 122 valence electrons. The van der Waals surface area contributed by atoms with Gasteiger partial charge in [0.15, 0.2) is 5.01 Å². The zero-order valence-electron chi connectivity index (χ0n) is 13.5. The molecule has 0 bridgehead atoms. The van der Waals surface area contributed by atoms with Crippen molar-refractivity contribution in [1.82, 2.24) is 14.8 Å². The lowest BCUT2D eigenvalue weighted by molar-refractivity contribution is 0.0283. The van der Waals surface area contributed by atoms with Gasteiger partial charge in [-0.05, 0) is 34.2 Å². The van der Waals surface area contributed by atoms with Crippen LogP contribution in [0.4, 0.5) is 4.79 Å². The summed E-state index contributed by atoms with van der Waals surface area (Å²) in [6, 6.07) is 0.177. The molecule has 0 N–H and O–H groups in total. The molecule has 1 aromatic heterocycles. The molecule has 1 fully saturated rings. The zero-order valence-corrected chi connectivity index (χ0v) is 14.4. The average Bonchev–Trinajstić information content (AvgIpc) is 3.08. The van der Waals surface area contributed by atoms with Gasteiger partial charge in [-0.1, -0.05) is 0 Å². The summed E-state index contributed by atoms with van der Waals surface area (Å²) < 4.78 is 5.38. The van der Waals surface area contributed by atoms with Crippen molar-refractivity contribution in [2.75, 3.05) is 26.7 Å². The number of likely N-dealkylation sites (N-methyl/N-ethyl adjacent to an activating group) is 1. The first-order valence-corrected chi connectivity index (χ1v) is 8.25. The summed E-state index contributed by atoms with van der Waals surface area (Å²) in [4.78, 5) is 31.9. The van der Waals surface area contributed by atoms with Crippen molar-refractivity contribution in [2.24, 2.45) is 0 Å². The summed E-state index contributed by atoms with van der Waals surface area (Å²) in [5.74, 6) is 0.0215. The van der Waals surface area contributed by atoms with Crippen molar-refractivity contribution in [3.63, 3.8) is 0 Å². The van der Waals surface area contributed by atoms with E-state index in [-0.39, 0.29) is 17.9 Å². The summed E-state index contributed by atoms with van der Waals surface area (Å²) in [6.07, 6.45) is 2.20. The molecule has 1 saturated heterocycles. The van der Waals surface area contributed by atoms with Crippen LogP contribution in [0.2, 0.25) is 0 Å². The summed E-state index contributed by atoms with van der Waals surface area (Å²) in [5, 5.41) is 2.33. The third-order valence-electron chi connectivity index (χ3n) is 3.50. The largest absolute Gasteiger partial charge is 0.444 e. The van der Waals surface area contributed by atoms with Crippen LogP contribution in [0.15, 0.2) is 11.6 Å². The molecule has 2 heterocycles. The van der Waals surface area contributed by atoms with Crippen LogP contribution in [-0.2, 0) is 4.74 Å². The van der Waals surface area contributed by atoms with Gasteiger partial charge >= 0.3 is 6.09 Å². The summed E-state index contributed by atoms with van der Waals surface area (Å²) in [7, 11) is 1.91. The minimum atomic E-state index is -0.484. The summed E-state index contributed by atoms with van der Waals surface area (Å²) in [5.41, 5.74) is -0.484. The Bertz CT molecular complexity index is 525. The van der Waals surface area contributed by atoms with E-state index in [1.54, 1.807) is 16.5 Å². The van der Waals surface area contributed by atoms with Crippen LogP contribution < -0.4 is 0 Å². The van der Waals surface area contributed by atoms with Crippen molar-refractivity contribution in [3.8, 4) is 0 Å². The lowest BCUT2D eigenvalue weighted by Gasteiger charge is -2.26. The van der Waals surface area contributed by atoms with Crippen LogP contribution in [0.5, 0.6) is 0 Å². The molecule has 0 aliphatic carbocycles. The highest BCUT2D eigenvalue weighted by Gasteiger charge is 2.32. The number of ketones is 1. The van der Waals surface area contributed by atoms with E-state index in [1.165, 1.54) is 11.3 Å². The number of carbonyl (C=O) groups is 2. The molecule has 6 nitrogen and oxygen atoms in total. The van der Waals surface area contributed by atoms with Crippen LogP contribution in [0.3, 0.4) is 0 Å². The molecule has 2 rings (SSSR count). The molecular formula is C15H23N3O3S. The molecule has 1 aliphatic rings. The Balaban J connectivity index is 1.84. The monoisotopic (exact) mass is 325 g/mol. The highest BCUT2D eigenvalue weighted by Crippen LogP contribution is 2.18. The van der Waals surface area contributed by atoms with Crippen LogP contribution in [0.1, 0.15) is 37.0 Å². The quantitative estimate of drug-likeness (QED) is 0.795. The number of hydrogen-bond donors (Lipinski definition) is 0. The van der Waals surface area contributed by atoms with Gasteiger partial charge in [0.05, 0.1) is 6.54 Å². The van der Waals surface area contributed by atoms with Gasteiger partial charge in [-0.2, -0.15) is 0 Å². The Morgan fingerprint density at radius 2 is 2.23 bits per heavy atom. The van der Waals surface area contributed by atoms with E-state index in [0.717, 1.165) is 6.42 Å². The number of hydrogen-bond acceptors (Lipinski definition) is 6. The molecule has 7 heteroatoms. The van der Waals surface area contributed by atoms with Gasteiger partial charge in [0, 0.05) is 30.7 Å². The molecule has 22 heavy (non-hydrogen) atoms. The number of likely N-dealkylation sites (tertiary alicyclic amines) is 1. The number of thiazole rings is 1. The third-order valence-corrected chi connectivity index (χ3v) is 4.32. The third kappa shape index (κ3) is 4.51. The van der Waals surface area contributed by atoms with E-state index in [0.29, 0.717) is 24.6 Å². The van der Waals surface area contributed by atoms with Gasteiger partial charge in [-0.15, -0.1) is 11.3 Å². The van der Waals surface area contributed by atoms with Gasteiger partial charge in [-0.3, -0.25) is 9.69 Å². The fourth-order valence-electron chi connectivity index (χ4n) is 2.38. The maximum atomic E-state index is 12.1. The van der Waals surface area contributed by atoms with E-state index in [9.17, 15) is 9.59 Å². The molecule has 0 unspecified atom stereocenters. The molecule has 0 aromatic carbocycles. The average molecular weight is 325 g/mol. The number of Topliss-reactive ketones (excluding diaryl/α,β-unsaturated/α-hetero) is 1. The Labute approximate surface area is 135 Å². The van der Waals surface area contributed by atoms with Crippen LogP contribution in [0, 0.1) is 0 Å². The van der Waals surface area contributed by atoms with Gasteiger partial charge < -0.3 is 9.64 Å². The van der Waals surface area contributed by atoms with E-state index >= 15 is 0 Å². The molecular weight excluding hydrogens is 302 g/mol. The normalized spacial score (nSPS) is 18.8. The number of carbonyl (C=O) groups excluding carboxylic acids is 2. The first-order chi connectivity index (χ1) is 10.3. The summed E-state index contributed by atoms with van der Waals surface area (Å²) in [6.45, 7) is 7.15. The van der Waals surface area contributed by atoms with E-state index in [2.05, 4.69) is 4.98 Å². The van der Waals surface area contributed by atoms with Gasteiger partial charge in [0.2, 0.25) is 5.78 Å². The second kappa shape index (κ2) is 6.75. The van der Waals surface area contributed by atoms with E-state index in [1.807, 2.05) is 32.7 Å². The van der Waals surface area contributed by atoms with Gasteiger partial charge in [-0.25, -0.2) is 9.78 Å². The van der Waals surface area contributed by atoms with Gasteiger partial charge in [0.25, 0.3) is 0 Å². The number of amides is 1. The molecule has 1 aromatic rings. The van der Waals surface area contributed by atoms with E-state index in [4.69, 9.17) is 4.74 Å². The van der Waals surface area contributed by atoms with Crippen LogP contribution >= 0.6 is 11.3 Å². The maximum absolute atomic E-state index is 12.1. The Morgan fingerprint density at radius 3 is 2.82 bits per heavy atom. The number of rotatable bonds is 4. The number of nitrogens with zero attached hydrogens (tertiary/aromatic N) is 3. The highest BCUT2D eigenvalue weighted by atomic mass is 32.1. The second-order valence-corrected chi connectivity index (χ2v) is 7.44. The predicted molar refractivity (Wildman–Crippen MR) is 85.3 cm³/mol. The van der Waals surface area contributed by atoms with Crippen LogP contribution in [-0.4, -0.2) is 65.0 Å². The topological polar surface area (TPSA) is 62.7 Å². The smallest absolute Gasteiger partial charge is 0.410 e. The number of ether oxygens (including phenoxy) is 1. The van der Waals surface area contributed by atoms with E-state index < -0.39 is 5.60 Å². The number of aromatic nitrogens is 1. The van der Waals surface area contributed by atoms with Crippen molar-refractivity contribution in [1.29, 1.82) is 0 Å². The SMILES string of the molecule is CN(CC(=O)c1nccs1)[C@@H]1CCN(C(=O)OC(C)(C)C)C1. The van der Waals surface area contributed by atoms with Crippen molar-refractivity contribution >= 4 is 23.2 Å². The molecule has 1 atom stereocenters. The molecule has 0 radical (unpaired) electrons. The predicted octanol–water partition coefficient (Wildman–Crippen LogP) is 2.27. The molecule has 1 amide bonds. The van der Waals surface area contributed by atoms with Crippen molar-refractivity contribution in [3.05, 3.63) is 16.6 Å². The maximum Gasteiger partial charge on any atom is 0.410 e. The first-order valence-electron chi connectivity index (χ1n) is 7.37. The van der Waals surface area contributed by atoms with Crippen molar-refractivity contribution in [2.45, 2.75) is 38.8 Å². The standard InChI is InChI=1S/C15H23N3O3S/c1-15(2,3)21-14(20)18-7-5-11(9-18)17(4)10-12(19)13-16-6-8-22-13/h6,8,11H,5,7,9-10H2,1-4H3/t11-/m1/s1. The Morgan fingerprint density at radius 1 is 1.50 bits per heavy atom. The lowest BCUT2D eigenvalue weighted by atomic mass is 10.2. The van der Waals surface area contributed by atoms with Crippen molar-refractivity contribution < 1.29 is 14.3 Å². The van der Waals surface area contributed by atoms with Gasteiger partial charge in [0.1, 0.15) is 5.60 Å². The first kappa shape index (κ1) is 16.9. The minimum absolute atomic E-state index is 0.0215. The second-order valence-electron chi connectivity index (χ2n) is 6.54. The molecule has 0 spiro atoms. The molecule has 0 saturated carbocycles. The van der Waals surface area contributed by atoms with Crippen LogP contribution in [0.25, 0.3) is 0 Å². The zero-order chi connectivity index (χ0) is 16.3. The Kier molecular flexibility index (Phi) is 5.18. The fourth-order valence-corrected chi connectivity index (χ4v) is 2.95. The fraction of sp³-hybridized carbons (Fsp3) is 0.667. The molecule has 1 aliphatic heterocycles. The minimum Gasteiger partial charge on any atom is -0.444 e.